The van der Waals surface area contributed by atoms with Crippen LogP contribution in [-0.4, -0.2) is 34.5 Å². The van der Waals surface area contributed by atoms with Crippen molar-refractivity contribution < 1.29 is 0 Å². The second-order valence-electron chi connectivity index (χ2n) is 4.18. The Morgan fingerprint density at radius 3 is 2.33 bits per heavy atom. The second-order valence-corrected chi connectivity index (χ2v) is 6.07. The first-order chi connectivity index (χ1) is 5.59. The summed E-state index contributed by atoms with van der Waals surface area (Å²) in [5, 5.41) is 1.69. The highest BCUT2D eigenvalue weighted by molar-refractivity contribution is 8.00. The first-order valence-corrected chi connectivity index (χ1v) is 5.93. The molecule has 2 heteroatoms. The summed E-state index contributed by atoms with van der Waals surface area (Å²) >= 11 is 2.14. The quantitative estimate of drug-likeness (QED) is 0.668. The van der Waals surface area contributed by atoms with Crippen molar-refractivity contribution >= 4 is 11.8 Å². The number of hydrogen-bond acceptors (Lipinski definition) is 2. The highest BCUT2D eigenvalue weighted by Gasteiger charge is 2.24. The summed E-state index contributed by atoms with van der Waals surface area (Å²) in [6.07, 6.45) is 1.39. The summed E-state index contributed by atoms with van der Waals surface area (Å²) in [5.41, 5.74) is 0. The van der Waals surface area contributed by atoms with Gasteiger partial charge in [0.1, 0.15) is 0 Å². The molecule has 1 rings (SSSR count). The normalized spacial score (nSPS) is 26.0. The molecule has 0 aliphatic carbocycles. The maximum absolute atomic E-state index is 2.58. The molecule has 72 valence electrons. The minimum atomic E-state index is 0.739. The van der Waals surface area contributed by atoms with E-state index in [2.05, 4.69) is 44.4 Å². The van der Waals surface area contributed by atoms with E-state index in [0.29, 0.717) is 0 Å². The highest BCUT2D eigenvalue weighted by atomic mass is 32.2. The molecule has 1 unspecified atom stereocenters. The summed E-state index contributed by atoms with van der Waals surface area (Å²) in [5.74, 6) is 0. The van der Waals surface area contributed by atoms with Crippen molar-refractivity contribution in [3.63, 3.8) is 0 Å². The molecular formula is C10H21NS. The van der Waals surface area contributed by atoms with Gasteiger partial charge >= 0.3 is 0 Å². The Morgan fingerprint density at radius 1 is 1.25 bits per heavy atom. The molecule has 1 atom stereocenters. The molecule has 1 aliphatic heterocycles. The summed E-state index contributed by atoms with van der Waals surface area (Å²) in [6, 6.07) is 0.739. The summed E-state index contributed by atoms with van der Waals surface area (Å²) in [6.45, 7) is 11.8. The van der Waals surface area contributed by atoms with Gasteiger partial charge in [0.15, 0.2) is 0 Å². The van der Waals surface area contributed by atoms with Gasteiger partial charge in [-0.3, -0.25) is 4.90 Å². The van der Waals surface area contributed by atoms with E-state index >= 15 is 0 Å². The first kappa shape index (κ1) is 10.4. The topological polar surface area (TPSA) is 3.24 Å². The van der Waals surface area contributed by atoms with Gasteiger partial charge in [-0.2, -0.15) is 11.8 Å². The summed E-state index contributed by atoms with van der Waals surface area (Å²) in [4.78, 5) is 2.58. The number of hydrogen-bond donors (Lipinski definition) is 0. The molecule has 1 saturated heterocycles. The molecule has 0 aromatic heterocycles. The zero-order chi connectivity index (χ0) is 9.14. The van der Waals surface area contributed by atoms with Crippen molar-refractivity contribution in [1.82, 2.24) is 4.90 Å². The van der Waals surface area contributed by atoms with Crippen LogP contribution in [0, 0.1) is 0 Å². The van der Waals surface area contributed by atoms with Crippen LogP contribution in [0.25, 0.3) is 0 Å². The maximum Gasteiger partial charge on any atom is 0.0189 e. The minimum Gasteiger partial charge on any atom is -0.300 e. The van der Waals surface area contributed by atoms with Gasteiger partial charge in [0.2, 0.25) is 0 Å². The number of nitrogens with zero attached hydrogens (tertiary/aromatic N) is 1. The first-order valence-electron chi connectivity index (χ1n) is 4.99. The SMILES string of the molecule is CC(C)SC1CCN(C(C)C)C1. The minimum absolute atomic E-state index is 0.739. The van der Waals surface area contributed by atoms with Gasteiger partial charge in [0, 0.05) is 17.8 Å². The molecule has 0 spiro atoms. The predicted octanol–water partition coefficient (Wildman–Crippen LogP) is 2.61. The van der Waals surface area contributed by atoms with Crippen molar-refractivity contribution in [2.75, 3.05) is 13.1 Å². The smallest absolute Gasteiger partial charge is 0.0189 e. The molecule has 1 nitrogen and oxygen atoms in total. The van der Waals surface area contributed by atoms with E-state index in [-0.39, 0.29) is 0 Å². The van der Waals surface area contributed by atoms with Crippen LogP contribution in [0.15, 0.2) is 0 Å². The molecule has 0 amide bonds. The summed E-state index contributed by atoms with van der Waals surface area (Å²) < 4.78 is 0. The monoisotopic (exact) mass is 187 g/mol. The Kier molecular flexibility index (Phi) is 3.91. The van der Waals surface area contributed by atoms with E-state index < -0.39 is 0 Å². The van der Waals surface area contributed by atoms with Gasteiger partial charge in [0.25, 0.3) is 0 Å². The Labute approximate surface area is 80.9 Å². The Bertz CT molecular complexity index is 134. The number of rotatable bonds is 3. The van der Waals surface area contributed by atoms with Crippen molar-refractivity contribution in [2.24, 2.45) is 0 Å². The lowest BCUT2D eigenvalue weighted by Crippen LogP contribution is -2.28. The molecular weight excluding hydrogens is 166 g/mol. The average molecular weight is 187 g/mol. The molecule has 0 aromatic carbocycles. The van der Waals surface area contributed by atoms with Crippen LogP contribution >= 0.6 is 11.8 Å². The van der Waals surface area contributed by atoms with Crippen molar-refractivity contribution in [3.05, 3.63) is 0 Å². The van der Waals surface area contributed by atoms with Crippen molar-refractivity contribution in [1.29, 1.82) is 0 Å². The highest BCUT2D eigenvalue weighted by Crippen LogP contribution is 2.26. The van der Waals surface area contributed by atoms with E-state index in [0.717, 1.165) is 16.5 Å². The molecule has 1 heterocycles. The molecule has 1 fully saturated rings. The fourth-order valence-corrected chi connectivity index (χ4v) is 3.01. The largest absolute Gasteiger partial charge is 0.300 e. The average Bonchev–Trinajstić information content (AvgIpc) is 2.34. The van der Waals surface area contributed by atoms with Gasteiger partial charge in [-0.15, -0.1) is 0 Å². The number of likely N-dealkylation sites (tertiary alicyclic amines) is 1. The Balaban J connectivity index is 2.26. The predicted molar refractivity (Wildman–Crippen MR) is 57.8 cm³/mol. The van der Waals surface area contributed by atoms with E-state index in [9.17, 15) is 0 Å². The lowest BCUT2D eigenvalue weighted by molar-refractivity contribution is 0.277. The van der Waals surface area contributed by atoms with Crippen LogP contribution in [0.4, 0.5) is 0 Å². The van der Waals surface area contributed by atoms with Crippen molar-refractivity contribution in [2.45, 2.75) is 50.7 Å². The van der Waals surface area contributed by atoms with Gasteiger partial charge in [-0.05, 0) is 32.1 Å². The van der Waals surface area contributed by atoms with Crippen LogP contribution in [0.5, 0.6) is 0 Å². The molecule has 0 bridgehead atoms. The lowest BCUT2D eigenvalue weighted by Gasteiger charge is -2.20. The molecule has 1 aliphatic rings. The van der Waals surface area contributed by atoms with E-state index in [4.69, 9.17) is 0 Å². The number of thioether (sulfide) groups is 1. The van der Waals surface area contributed by atoms with E-state index in [1.807, 2.05) is 0 Å². The maximum atomic E-state index is 2.58. The fraction of sp³-hybridized carbons (Fsp3) is 1.00. The molecule has 0 saturated carbocycles. The van der Waals surface area contributed by atoms with Crippen LogP contribution < -0.4 is 0 Å². The third-order valence-electron chi connectivity index (χ3n) is 2.37. The van der Waals surface area contributed by atoms with Gasteiger partial charge < -0.3 is 0 Å². The van der Waals surface area contributed by atoms with Crippen molar-refractivity contribution in [3.8, 4) is 0 Å². The lowest BCUT2D eigenvalue weighted by atomic mass is 10.3. The van der Waals surface area contributed by atoms with Gasteiger partial charge in [-0.25, -0.2) is 0 Å². The molecule has 0 aromatic rings. The zero-order valence-electron chi connectivity index (χ0n) is 8.71. The molecule has 0 radical (unpaired) electrons. The van der Waals surface area contributed by atoms with E-state index in [1.165, 1.54) is 19.5 Å². The van der Waals surface area contributed by atoms with Crippen LogP contribution in [0.3, 0.4) is 0 Å². The third kappa shape index (κ3) is 2.98. The molecule has 12 heavy (non-hydrogen) atoms. The Hall–Kier alpha value is 0.310. The summed E-state index contributed by atoms with van der Waals surface area (Å²) in [7, 11) is 0. The Morgan fingerprint density at radius 2 is 1.92 bits per heavy atom. The van der Waals surface area contributed by atoms with Gasteiger partial charge in [-0.1, -0.05) is 13.8 Å². The van der Waals surface area contributed by atoms with Gasteiger partial charge in [0.05, 0.1) is 0 Å². The van der Waals surface area contributed by atoms with E-state index in [1.54, 1.807) is 0 Å². The van der Waals surface area contributed by atoms with Crippen LogP contribution in [-0.2, 0) is 0 Å². The standard InChI is InChI=1S/C10H21NS/c1-8(2)11-6-5-10(7-11)12-9(3)4/h8-10H,5-7H2,1-4H3. The fourth-order valence-electron chi connectivity index (χ4n) is 1.72. The molecule has 0 N–H and O–H groups in total. The zero-order valence-corrected chi connectivity index (χ0v) is 9.53. The van der Waals surface area contributed by atoms with Crippen LogP contribution in [0.1, 0.15) is 34.1 Å². The second kappa shape index (κ2) is 4.52. The third-order valence-corrected chi connectivity index (χ3v) is 3.69. The van der Waals surface area contributed by atoms with Crippen LogP contribution in [0.2, 0.25) is 0 Å².